The smallest absolute Gasteiger partial charge is 0.251 e. The number of carbonyl (C=O) groups excluding carboxylic acids is 1. The SMILES string of the molecule is COc1ccc(F)c(-c2nc(Nc3ccc(C(=O)NCCN(C)C)cc3)ncc2F)c1. The summed E-state index contributed by atoms with van der Waals surface area (Å²) in [4.78, 5) is 22.2. The Hall–Kier alpha value is -3.59. The maximum atomic E-state index is 14.3. The number of anilines is 2. The predicted octanol–water partition coefficient (Wildman–Crippen LogP) is 3.47. The summed E-state index contributed by atoms with van der Waals surface area (Å²) < 4.78 is 33.6. The molecule has 1 amide bonds. The Morgan fingerprint density at radius 1 is 1.10 bits per heavy atom. The third kappa shape index (κ3) is 5.73. The van der Waals surface area contributed by atoms with E-state index in [0.29, 0.717) is 23.5 Å². The number of likely N-dealkylation sites (N-methyl/N-ethyl adjacent to an activating group) is 1. The quantitative estimate of drug-likeness (QED) is 0.573. The van der Waals surface area contributed by atoms with Crippen molar-refractivity contribution in [1.82, 2.24) is 20.2 Å². The van der Waals surface area contributed by atoms with Gasteiger partial charge < -0.3 is 20.3 Å². The molecule has 1 aromatic heterocycles. The molecule has 3 aromatic rings. The minimum atomic E-state index is -0.762. The number of aromatic nitrogens is 2. The number of benzene rings is 2. The molecule has 0 aliphatic heterocycles. The topological polar surface area (TPSA) is 79.4 Å². The number of nitrogens with zero attached hydrogens (tertiary/aromatic N) is 3. The highest BCUT2D eigenvalue weighted by atomic mass is 19.1. The van der Waals surface area contributed by atoms with Gasteiger partial charge in [-0.05, 0) is 56.6 Å². The van der Waals surface area contributed by atoms with Crippen LogP contribution in [0.15, 0.2) is 48.7 Å². The molecule has 0 fully saturated rings. The number of amides is 1. The molecule has 7 nitrogen and oxygen atoms in total. The fourth-order valence-electron chi connectivity index (χ4n) is 2.76. The molecule has 162 valence electrons. The van der Waals surface area contributed by atoms with Crippen molar-refractivity contribution >= 4 is 17.5 Å². The molecule has 2 aromatic carbocycles. The van der Waals surface area contributed by atoms with Crippen molar-refractivity contribution in [2.45, 2.75) is 0 Å². The fourth-order valence-corrected chi connectivity index (χ4v) is 2.76. The maximum absolute atomic E-state index is 14.3. The van der Waals surface area contributed by atoms with Gasteiger partial charge in [0.1, 0.15) is 17.3 Å². The molecule has 0 radical (unpaired) electrons. The summed E-state index contributed by atoms with van der Waals surface area (Å²) in [6, 6.07) is 10.7. The van der Waals surface area contributed by atoms with E-state index in [1.807, 2.05) is 19.0 Å². The van der Waals surface area contributed by atoms with Gasteiger partial charge in [0, 0.05) is 29.9 Å². The van der Waals surface area contributed by atoms with Crippen molar-refractivity contribution in [3.05, 3.63) is 65.9 Å². The van der Waals surface area contributed by atoms with Gasteiger partial charge in [0.25, 0.3) is 5.91 Å². The normalized spacial score (nSPS) is 10.8. The third-order valence-corrected chi connectivity index (χ3v) is 4.42. The van der Waals surface area contributed by atoms with Gasteiger partial charge in [-0.15, -0.1) is 0 Å². The lowest BCUT2D eigenvalue weighted by molar-refractivity contribution is 0.0951. The summed E-state index contributed by atoms with van der Waals surface area (Å²) in [5, 5.41) is 5.77. The molecule has 0 saturated carbocycles. The predicted molar refractivity (Wildman–Crippen MR) is 115 cm³/mol. The number of hydrogen-bond acceptors (Lipinski definition) is 6. The van der Waals surface area contributed by atoms with E-state index in [4.69, 9.17) is 4.74 Å². The number of carbonyl (C=O) groups is 1. The maximum Gasteiger partial charge on any atom is 0.251 e. The molecule has 0 unspecified atom stereocenters. The van der Waals surface area contributed by atoms with E-state index in [2.05, 4.69) is 20.6 Å². The molecule has 0 saturated heterocycles. The van der Waals surface area contributed by atoms with E-state index in [0.717, 1.165) is 12.7 Å². The molecule has 0 atom stereocenters. The number of halogens is 2. The minimum absolute atomic E-state index is 0.0351. The van der Waals surface area contributed by atoms with Crippen LogP contribution in [0.3, 0.4) is 0 Å². The molecule has 9 heteroatoms. The molecular weight excluding hydrogens is 404 g/mol. The van der Waals surface area contributed by atoms with Crippen LogP contribution < -0.4 is 15.4 Å². The van der Waals surface area contributed by atoms with Crippen molar-refractivity contribution < 1.29 is 18.3 Å². The lowest BCUT2D eigenvalue weighted by Crippen LogP contribution is -2.31. The Bertz CT molecular complexity index is 1060. The Balaban J connectivity index is 1.75. The Labute approximate surface area is 179 Å². The van der Waals surface area contributed by atoms with Crippen LogP contribution in [0.4, 0.5) is 20.4 Å². The molecule has 3 rings (SSSR count). The zero-order valence-corrected chi connectivity index (χ0v) is 17.4. The van der Waals surface area contributed by atoms with E-state index in [9.17, 15) is 13.6 Å². The average Bonchev–Trinajstić information content (AvgIpc) is 2.76. The molecule has 1 heterocycles. The van der Waals surface area contributed by atoms with Gasteiger partial charge >= 0.3 is 0 Å². The zero-order chi connectivity index (χ0) is 22.4. The van der Waals surface area contributed by atoms with Crippen molar-refractivity contribution in [1.29, 1.82) is 0 Å². The van der Waals surface area contributed by atoms with Gasteiger partial charge in [-0.25, -0.2) is 18.7 Å². The van der Waals surface area contributed by atoms with Crippen molar-refractivity contribution in [2.75, 3.05) is 39.6 Å². The number of ether oxygens (including phenoxy) is 1. The number of nitrogens with one attached hydrogen (secondary N) is 2. The first-order valence-corrected chi connectivity index (χ1v) is 9.54. The van der Waals surface area contributed by atoms with Crippen molar-refractivity contribution in [3.8, 4) is 17.0 Å². The van der Waals surface area contributed by atoms with Gasteiger partial charge in [-0.2, -0.15) is 0 Å². The fraction of sp³-hybridized carbons (Fsp3) is 0.227. The number of hydrogen-bond donors (Lipinski definition) is 2. The summed E-state index contributed by atoms with van der Waals surface area (Å²) in [7, 11) is 5.29. The van der Waals surface area contributed by atoms with Crippen molar-refractivity contribution in [2.24, 2.45) is 0 Å². The molecule has 31 heavy (non-hydrogen) atoms. The highest BCUT2D eigenvalue weighted by Gasteiger charge is 2.15. The van der Waals surface area contributed by atoms with E-state index in [-0.39, 0.29) is 23.1 Å². The summed E-state index contributed by atoms with van der Waals surface area (Å²) in [5.74, 6) is -1.11. The highest BCUT2D eigenvalue weighted by Crippen LogP contribution is 2.28. The first kappa shape index (κ1) is 22.1. The van der Waals surface area contributed by atoms with Crippen LogP contribution in [0.1, 0.15) is 10.4 Å². The summed E-state index contributed by atoms with van der Waals surface area (Å²) >= 11 is 0. The largest absolute Gasteiger partial charge is 0.497 e. The zero-order valence-electron chi connectivity index (χ0n) is 17.4. The van der Waals surface area contributed by atoms with Gasteiger partial charge in [-0.1, -0.05) is 0 Å². The second-order valence-corrected chi connectivity index (χ2v) is 7.00. The van der Waals surface area contributed by atoms with Crippen LogP contribution in [0, 0.1) is 11.6 Å². The molecule has 2 N–H and O–H groups in total. The standard InChI is InChI=1S/C22H23F2N5O2/c1-29(2)11-10-25-21(30)14-4-6-15(7-5-14)27-22-26-13-19(24)20(28-22)17-12-16(31-3)8-9-18(17)23/h4-9,12-13H,10-11H2,1-3H3,(H,25,30)(H,26,27,28). The minimum Gasteiger partial charge on any atom is -0.497 e. The lowest BCUT2D eigenvalue weighted by Gasteiger charge is -2.11. The summed E-state index contributed by atoms with van der Waals surface area (Å²) in [6.45, 7) is 1.28. The average molecular weight is 427 g/mol. The van der Waals surface area contributed by atoms with E-state index in [1.54, 1.807) is 24.3 Å². The monoisotopic (exact) mass is 427 g/mol. The van der Waals surface area contributed by atoms with Gasteiger partial charge in [0.05, 0.1) is 13.3 Å². The van der Waals surface area contributed by atoms with Crippen LogP contribution >= 0.6 is 0 Å². The van der Waals surface area contributed by atoms with Gasteiger partial charge in [0.2, 0.25) is 5.95 Å². The van der Waals surface area contributed by atoms with Gasteiger partial charge in [-0.3, -0.25) is 4.79 Å². The first-order valence-electron chi connectivity index (χ1n) is 9.54. The first-order chi connectivity index (χ1) is 14.9. The summed E-state index contributed by atoms with van der Waals surface area (Å²) in [6.07, 6.45) is 0.968. The Morgan fingerprint density at radius 3 is 2.52 bits per heavy atom. The molecule has 0 aliphatic rings. The second kappa shape index (κ2) is 9.94. The molecular formula is C22H23F2N5O2. The van der Waals surface area contributed by atoms with E-state index in [1.165, 1.54) is 25.3 Å². The molecule has 0 bridgehead atoms. The molecule has 0 spiro atoms. The third-order valence-electron chi connectivity index (χ3n) is 4.42. The van der Waals surface area contributed by atoms with Crippen molar-refractivity contribution in [3.63, 3.8) is 0 Å². The van der Waals surface area contributed by atoms with Crippen LogP contribution in [0.2, 0.25) is 0 Å². The van der Waals surface area contributed by atoms with Crippen LogP contribution in [-0.2, 0) is 0 Å². The molecule has 0 aliphatic carbocycles. The van der Waals surface area contributed by atoms with E-state index >= 15 is 0 Å². The Morgan fingerprint density at radius 2 is 1.84 bits per heavy atom. The second-order valence-electron chi connectivity index (χ2n) is 7.00. The lowest BCUT2D eigenvalue weighted by atomic mass is 10.1. The van der Waals surface area contributed by atoms with Gasteiger partial charge in [0.15, 0.2) is 5.82 Å². The van der Waals surface area contributed by atoms with Crippen LogP contribution in [-0.4, -0.2) is 55.1 Å². The number of methoxy groups -OCH3 is 1. The highest BCUT2D eigenvalue weighted by molar-refractivity contribution is 5.94. The van der Waals surface area contributed by atoms with Crippen LogP contribution in [0.25, 0.3) is 11.3 Å². The number of rotatable bonds is 8. The van der Waals surface area contributed by atoms with E-state index < -0.39 is 11.6 Å². The Kier molecular flexibility index (Phi) is 7.09. The van der Waals surface area contributed by atoms with Crippen LogP contribution in [0.5, 0.6) is 5.75 Å². The summed E-state index contributed by atoms with van der Waals surface area (Å²) in [5.41, 5.74) is 0.870.